The van der Waals surface area contributed by atoms with Gasteiger partial charge in [0, 0.05) is 64.9 Å². The van der Waals surface area contributed by atoms with Crippen molar-refractivity contribution in [2.45, 2.75) is 12.8 Å². The molecule has 0 aliphatic carbocycles. The molecular weight excluding hydrogens is 446 g/mol. The van der Waals surface area contributed by atoms with E-state index in [-0.39, 0.29) is 12.0 Å². The SMILES string of the molecule is O=c1c(Cc2cccnc2)cn2c3ccc(Br)cc3c3cc(OCCCO)nc1c32. The van der Waals surface area contributed by atoms with Crippen LogP contribution in [0.15, 0.2) is 64.3 Å². The molecule has 0 radical (unpaired) electrons. The molecule has 1 N–H and O–H groups in total. The van der Waals surface area contributed by atoms with Crippen molar-refractivity contribution in [2.75, 3.05) is 13.2 Å². The molecule has 0 bridgehead atoms. The minimum absolute atomic E-state index is 0.0400. The van der Waals surface area contributed by atoms with Crippen LogP contribution in [-0.4, -0.2) is 32.7 Å². The van der Waals surface area contributed by atoms with Gasteiger partial charge in [-0.25, -0.2) is 4.98 Å². The Kier molecular flexibility index (Phi) is 4.84. The number of aliphatic hydroxyl groups is 1. The van der Waals surface area contributed by atoms with E-state index in [1.165, 1.54) is 0 Å². The number of pyridine rings is 3. The average molecular weight is 464 g/mol. The van der Waals surface area contributed by atoms with Crippen LogP contribution >= 0.6 is 15.9 Å². The Morgan fingerprint density at radius 1 is 1.17 bits per heavy atom. The van der Waals surface area contributed by atoms with Crippen molar-refractivity contribution in [3.05, 3.63) is 80.8 Å². The highest BCUT2D eigenvalue weighted by Gasteiger charge is 2.19. The lowest BCUT2D eigenvalue weighted by molar-refractivity contribution is 0.230. The molecule has 0 aliphatic heterocycles. The zero-order valence-electron chi connectivity index (χ0n) is 16.0. The molecule has 5 rings (SSSR count). The standard InChI is InChI=1S/C23H18BrN3O3/c24-16-4-5-19-17(10-16)18-11-20(30-8-2-7-28)26-21-22(18)27(19)13-15(23(21)29)9-14-3-1-6-25-12-14/h1,3-6,10-13,28H,2,7-9H2. The molecule has 1 aromatic carbocycles. The second kappa shape index (κ2) is 7.66. The highest BCUT2D eigenvalue weighted by atomic mass is 79.9. The van der Waals surface area contributed by atoms with Gasteiger partial charge in [-0.2, -0.15) is 0 Å². The number of aliphatic hydroxyl groups excluding tert-OH is 1. The van der Waals surface area contributed by atoms with E-state index in [0.717, 1.165) is 31.8 Å². The Labute approximate surface area is 180 Å². The Bertz CT molecular complexity index is 1420. The molecule has 0 saturated carbocycles. The van der Waals surface area contributed by atoms with Crippen LogP contribution in [0.2, 0.25) is 0 Å². The van der Waals surface area contributed by atoms with Crippen LogP contribution in [0.5, 0.6) is 5.88 Å². The summed E-state index contributed by atoms with van der Waals surface area (Å²) < 4.78 is 8.74. The summed E-state index contributed by atoms with van der Waals surface area (Å²) in [5.41, 5.74) is 3.69. The van der Waals surface area contributed by atoms with E-state index in [0.29, 0.717) is 36.4 Å². The number of ether oxygens (including phenoxy) is 1. The Balaban J connectivity index is 1.79. The van der Waals surface area contributed by atoms with Crippen molar-refractivity contribution < 1.29 is 9.84 Å². The second-order valence-electron chi connectivity index (χ2n) is 7.18. The summed E-state index contributed by atoms with van der Waals surface area (Å²) in [5, 5.41) is 11.0. The summed E-state index contributed by atoms with van der Waals surface area (Å²) in [5.74, 6) is 0.390. The molecule has 4 aromatic heterocycles. The molecule has 0 amide bonds. The third-order valence-corrected chi connectivity index (χ3v) is 5.67. The highest BCUT2D eigenvalue weighted by molar-refractivity contribution is 9.10. The lowest BCUT2D eigenvalue weighted by Crippen LogP contribution is -2.14. The number of benzene rings is 1. The van der Waals surface area contributed by atoms with Gasteiger partial charge in [0.2, 0.25) is 11.3 Å². The molecule has 5 aromatic rings. The van der Waals surface area contributed by atoms with Crippen LogP contribution in [0.25, 0.3) is 27.3 Å². The van der Waals surface area contributed by atoms with Gasteiger partial charge in [0.1, 0.15) is 5.52 Å². The monoisotopic (exact) mass is 463 g/mol. The number of hydrogen-bond donors (Lipinski definition) is 1. The van der Waals surface area contributed by atoms with E-state index in [9.17, 15) is 4.79 Å². The van der Waals surface area contributed by atoms with Gasteiger partial charge in [-0.3, -0.25) is 9.78 Å². The number of hydrogen-bond acceptors (Lipinski definition) is 5. The lowest BCUT2D eigenvalue weighted by atomic mass is 10.1. The van der Waals surface area contributed by atoms with Crippen LogP contribution in [0, 0.1) is 0 Å². The summed E-state index contributed by atoms with van der Waals surface area (Å²) in [6.07, 6.45) is 6.37. The summed E-state index contributed by atoms with van der Waals surface area (Å²) in [7, 11) is 0. The van der Waals surface area contributed by atoms with Crippen molar-refractivity contribution in [1.82, 2.24) is 14.4 Å². The van der Waals surface area contributed by atoms with Gasteiger partial charge < -0.3 is 14.2 Å². The van der Waals surface area contributed by atoms with Gasteiger partial charge in [-0.05, 0) is 29.8 Å². The fraction of sp³-hybridized carbons (Fsp3) is 0.174. The van der Waals surface area contributed by atoms with Gasteiger partial charge in [-0.15, -0.1) is 0 Å². The molecule has 150 valence electrons. The van der Waals surface area contributed by atoms with E-state index >= 15 is 0 Å². The lowest BCUT2D eigenvalue weighted by Gasteiger charge is -2.08. The smallest absolute Gasteiger partial charge is 0.214 e. The molecule has 0 fully saturated rings. The van der Waals surface area contributed by atoms with Crippen LogP contribution in [-0.2, 0) is 6.42 Å². The first kappa shape index (κ1) is 19.0. The first-order valence-corrected chi connectivity index (χ1v) is 10.5. The maximum absolute atomic E-state index is 13.4. The zero-order valence-corrected chi connectivity index (χ0v) is 17.6. The van der Waals surface area contributed by atoms with E-state index in [1.54, 1.807) is 12.4 Å². The minimum Gasteiger partial charge on any atom is -0.478 e. The van der Waals surface area contributed by atoms with Gasteiger partial charge >= 0.3 is 0 Å². The van der Waals surface area contributed by atoms with E-state index in [2.05, 4.69) is 25.9 Å². The third-order valence-electron chi connectivity index (χ3n) is 5.18. The number of rotatable bonds is 6. The van der Waals surface area contributed by atoms with Crippen molar-refractivity contribution in [1.29, 1.82) is 0 Å². The predicted octanol–water partition coefficient (Wildman–Crippen LogP) is 3.95. The Morgan fingerprint density at radius 3 is 2.87 bits per heavy atom. The molecule has 6 nitrogen and oxygen atoms in total. The molecule has 0 atom stereocenters. The normalized spacial score (nSPS) is 11.7. The fourth-order valence-electron chi connectivity index (χ4n) is 3.84. The first-order chi connectivity index (χ1) is 14.7. The van der Waals surface area contributed by atoms with Crippen molar-refractivity contribution in [2.24, 2.45) is 0 Å². The summed E-state index contributed by atoms with van der Waals surface area (Å²) in [4.78, 5) is 22.1. The summed E-state index contributed by atoms with van der Waals surface area (Å²) in [6, 6.07) is 11.8. The van der Waals surface area contributed by atoms with Gasteiger partial charge in [0.05, 0.1) is 17.6 Å². The van der Waals surface area contributed by atoms with E-state index < -0.39 is 0 Å². The third kappa shape index (κ3) is 3.20. The fourth-order valence-corrected chi connectivity index (χ4v) is 4.20. The average Bonchev–Trinajstić information content (AvgIpc) is 3.06. The number of fused-ring (bicyclic) bond motifs is 3. The topological polar surface area (TPSA) is 76.7 Å². The number of nitrogens with zero attached hydrogens (tertiary/aromatic N) is 3. The molecule has 4 heterocycles. The maximum atomic E-state index is 13.4. The van der Waals surface area contributed by atoms with Crippen LogP contribution < -0.4 is 10.2 Å². The van der Waals surface area contributed by atoms with Gasteiger partial charge in [-0.1, -0.05) is 22.0 Å². The maximum Gasteiger partial charge on any atom is 0.214 e. The Morgan fingerprint density at radius 2 is 2.07 bits per heavy atom. The van der Waals surface area contributed by atoms with Crippen molar-refractivity contribution >= 4 is 43.3 Å². The molecule has 0 spiro atoms. The Hall–Kier alpha value is -3.03. The quantitative estimate of drug-likeness (QED) is 0.385. The molecule has 0 aliphatic rings. The van der Waals surface area contributed by atoms with Crippen molar-refractivity contribution in [3.63, 3.8) is 0 Å². The molecular formula is C23H18BrN3O3. The van der Waals surface area contributed by atoms with E-state index in [4.69, 9.17) is 9.84 Å². The minimum atomic E-state index is -0.106. The number of aromatic nitrogens is 3. The highest BCUT2D eigenvalue weighted by Crippen LogP contribution is 2.34. The molecule has 30 heavy (non-hydrogen) atoms. The van der Waals surface area contributed by atoms with Crippen LogP contribution in [0.3, 0.4) is 0 Å². The molecule has 0 saturated heterocycles. The molecule has 7 heteroatoms. The van der Waals surface area contributed by atoms with Gasteiger partial charge in [0.25, 0.3) is 0 Å². The predicted molar refractivity (Wildman–Crippen MR) is 120 cm³/mol. The van der Waals surface area contributed by atoms with E-state index in [1.807, 2.05) is 47.0 Å². The van der Waals surface area contributed by atoms with Crippen LogP contribution in [0.4, 0.5) is 0 Å². The summed E-state index contributed by atoms with van der Waals surface area (Å²) in [6.45, 7) is 0.377. The second-order valence-corrected chi connectivity index (χ2v) is 8.10. The van der Waals surface area contributed by atoms with Gasteiger partial charge in [0.15, 0.2) is 0 Å². The van der Waals surface area contributed by atoms with Crippen LogP contribution in [0.1, 0.15) is 17.5 Å². The largest absolute Gasteiger partial charge is 0.478 e. The first-order valence-electron chi connectivity index (χ1n) is 9.68. The zero-order chi connectivity index (χ0) is 20.7. The summed E-state index contributed by atoms with van der Waals surface area (Å²) >= 11 is 3.55. The number of halogens is 1. The molecule has 0 unspecified atom stereocenters. The van der Waals surface area contributed by atoms with Crippen molar-refractivity contribution in [3.8, 4) is 5.88 Å².